The number of rotatable bonds is 0. The molecule has 2 aromatic rings. The molecular formula is C14H9BF4N2. The zero-order chi connectivity index (χ0) is 15.7. The molecule has 0 aliphatic carbocycles. The molecule has 0 spiro atoms. The third kappa shape index (κ3) is 7.39. The van der Waals surface area contributed by atoms with Crippen molar-refractivity contribution in [3.8, 4) is 11.8 Å². The summed E-state index contributed by atoms with van der Waals surface area (Å²) in [7, 11) is -6.00. The van der Waals surface area contributed by atoms with Gasteiger partial charge in [-0.15, -0.1) is 0 Å². The van der Waals surface area contributed by atoms with Gasteiger partial charge in [-0.05, 0) is 18.2 Å². The number of hydrogen-bond donors (Lipinski definition) is 0. The van der Waals surface area contributed by atoms with Crippen LogP contribution in [0.15, 0.2) is 54.6 Å². The van der Waals surface area contributed by atoms with Crippen molar-refractivity contribution in [1.29, 1.82) is 5.39 Å². The fourth-order valence-electron chi connectivity index (χ4n) is 1.33. The van der Waals surface area contributed by atoms with Crippen molar-refractivity contribution in [1.82, 2.24) is 0 Å². The first-order chi connectivity index (χ1) is 9.90. The van der Waals surface area contributed by atoms with E-state index in [4.69, 9.17) is 5.39 Å². The van der Waals surface area contributed by atoms with Crippen molar-refractivity contribution in [2.75, 3.05) is 0 Å². The molecule has 0 N–H and O–H groups in total. The lowest BCUT2D eigenvalue weighted by Gasteiger charge is -1.94. The van der Waals surface area contributed by atoms with E-state index in [1.165, 1.54) is 0 Å². The van der Waals surface area contributed by atoms with Crippen molar-refractivity contribution >= 4 is 12.9 Å². The Hall–Kier alpha value is -2.80. The molecule has 0 saturated carbocycles. The largest absolute Gasteiger partial charge is 0.673 e. The first-order valence-corrected chi connectivity index (χ1v) is 5.78. The van der Waals surface area contributed by atoms with Gasteiger partial charge in [-0.1, -0.05) is 42.2 Å². The zero-order valence-corrected chi connectivity index (χ0v) is 10.7. The van der Waals surface area contributed by atoms with E-state index in [0.29, 0.717) is 11.3 Å². The molecule has 0 saturated heterocycles. The Kier molecular flexibility index (Phi) is 5.97. The minimum atomic E-state index is -6.00. The van der Waals surface area contributed by atoms with Crippen LogP contribution in [0.5, 0.6) is 0 Å². The molecule has 2 rings (SSSR count). The predicted molar refractivity (Wildman–Crippen MR) is 73.8 cm³/mol. The molecule has 0 bridgehead atoms. The molecular weight excluding hydrogens is 283 g/mol. The van der Waals surface area contributed by atoms with Crippen molar-refractivity contribution in [2.24, 2.45) is 0 Å². The lowest BCUT2D eigenvalue weighted by molar-refractivity contribution is 0.368. The van der Waals surface area contributed by atoms with Crippen LogP contribution in [0.1, 0.15) is 11.1 Å². The third-order valence-corrected chi connectivity index (χ3v) is 2.13. The fraction of sp³-hybridized carbons (Fsp3) is 0. The average Bonchev–Trinajstić information content (AvgIpc) is 2.45. The molecule has 21 heavy (non-hydrogen) atoms. The highest BCUT2D eigenvalue weighted by atomic mass is 19.5. The third-order valence-electron chi connectivity index (χ3n) is 2.13. The van der Waals surface area contributed by atoms with Crippen LogP contribution in [-0.2, 0) is 0 Å². The van der Waals surface area contributed by atoms with E-state index in [2.05, 4.69) is 16.8 Å². The molecule has 0 aliphatic rings. The number of diazo groups is 1. The maximum atomic E-state index is 9.75. The number of halogens is 4. The van der Waals surface area contributed by atoms with Gasteiger partial charge in [0.2, 0.25) is 5.39 Å². The normalized spacial score (nSPS) is 9.48. The molecule has 0 aliphatic heterocycles. The maximum absolute atomic E-state index is 9.75. The second-order valence-electron chi connectivity index (χ2n) is 3.73. The predicted octanol–water partition coefficient (Wildman–Crippen LogP) is 4.87. The minimum Gasteiger partial charge on any atom is -0.418 e. The molecule has 0 unspecified atom stereocenters. The summed E-state index contributed by atoms with van der Waals surface area (Å²) < 4.78 is 39.0. The van der Waals surface area contributed by atoms with Crippen molar-refractivity contribution < 1.29 is 17.3 Å². The van der Waals surface area contributed by atoms with Crippen molar-refractivity contribution in [3.63, 3.8) is 0 Å². The maximum Gasteiger partial charge on any atom is 0.673 e. The zero-order valence-electron chi connectivity index (χ0n) is 10.7. The Morgan fingerprint density at radius 2 is 1.33 bits per heavy atom. The van der Waals surface area contributed by atoms with Crippen LogP contribution in [0.4, 0.5) is 23.0 Å². The molecule has 0 heterocycles. The van der Waals surface area contributed by atoms with Crippen LogP contribution in [0, 0.1) is 17.2 Å². The van der Waals surface area contributed by atoms with Crippen LogP contribution in [0.3, 0.4) is 0 Å². The molecule has 106 valence electrons. The molecule has 0 atom stereocenters. The summed E-state index contributed by atoms with van der Waals surface area (Å²) in [5, 5.41) is 8.77. The minimum absolute atomic E-state index is 0.492. The smallest absolute Gasteiger partial charge is 0.418 e. The lowest BCUT2D eigenvalue weighted by atomic mass is 10.1. The topological polar surface area (TPSA) is 28.1 Å². The van der Waals surface area contributed by atoms with Gasteiger partial charge in [0.1, 0.15) is 5.56 Å². The monoisotopic (exact) mass is 292 g/mol. The molecule has 0 radical (unpaired) electrons. The molecule has 2 aromatic carbocycles. The Morgan fingerprint density at radius 1 is 0.810 bits per heavy atom. The molecule has 0 amide bonds. The summed E-state index contributed by atoms with van der Waals surface area (Å²) >= 11 is 0. The van der Waals surface area contributed by atoms with Gasteiger partial charge < -0.3 is 17.3 Å². The second kappa shape index (κ2) is 7.71. The van der Waals surface area contributed by atoms with Crippen molar-refractivity contribution in [2.45, 2.75) is 0 Å². The van der Waals surface area contributed by atoms with Crippen LogP contribution in [0.25, 0.3) is 4.98 Å². The van der Waals surface area contributed by atoms with E-state index < -0.39 is 7.25 Å². The number of hydrogen-bond acceptors (Lipinski definition) is 1. The lowest BCUT2D eigenvalue weighted by Crippen LogP contribution is -2.02. The number of benzene rings is 2. The number of nitrogens with zero attached hydrogens (tertiary/aromatic N) is 2. The van der Waals surface area contributed by atoms with Gasteiger partial charge in [-0.25, -0.2) is 0 Å². The van der Waals surface area contributed by atoms with Crippen LogP contribution < -0.4 is 0 Å². The summed E-state index contributed by atoms with van der Waals surface area (Å²) in [6, 6.07) is 16.9. The second-order valence-corrected chi connectivity index (χ2v) is 3.73. The first kappa shape index (κ1) is 16.3. The SMILES string of the molecule is F[B-](F)(F)F.N#[N+]c1ccccc1C#Cc1ccccc1. The molecule has 7 heteroatoms. The average molecular weight is 292 g/mol. The summed E-state index contributed by atoms with van der Waals surface area (Å²) in [6.45, 7) is 0. The van der Waals surface area contributed by atoms with Crippen LogP contribution in [0.2, 0.25) is 0 Å². The molecule has 0 aromatic heterocycles. The summed E-state index contributed by atoms with van der Waals surface area (Å²) in [5.41, 5.74) is 2.15. The van der Waals surface area contributed by atoms with Crippen LogP contribution in [-0.4, -0.2) is 7.25 Å². The summed E-state index contributed by atoms with van der Waals surface area (Å²) in [5.74, 6) is 5.99. The standard InChI is InChI=1S/C14H9N2.BF4/c15-16-14-9-5-4-8-13(14)11-10-12-6-2-1-3-7-12;2-1(3,4)5/h1-9H;/q+1;-1. The van der Waals surface area contributed by atoms with Gasteiger partial charge >= 0.3 is 12.9 Å². The molecule has 2 nitrogen and oxygen atoms in total. The van der Waals surface area contributed by atoms with E-state index >= 15 is 0 Å². The van der Waals surface area contributed by atoms with Gasteiger partial charge in [0.25, 0.3) is 0 Å². The summed E-state index contributed by atoms with van der Waals surface area (Å²) in [6.07, 6.45) is 0. The van der Waals surface area contributed by atoms with Crippen molar-refractivity contribution in [3.05, 3.63) is 70.7 Å². The van der Waals surface area contributed by atoms with E-state index in [-0.39, 0.29) is 0 Å². The van der Waals surface area contributed by atoms with Gasteiger partial charge in [-0.3, -0.25) is 0 Å². The van der Waals surface area contributed by atoms with Crippen LogP contribution >= 0.6 is 0 Å². The van der Waals surface area contributed by atoms with E-state index in [0.717, 1.165) is 5.56 Å². The van der Waals surface area contributed by atoms with Gasteiger partial charge in [0.15, 0.2) is 4.98 Å². The summed E-state index contributed by atoms with van der Waals surface area (Å²) in [4.78, 5) is 3.18. The Morgan fingerprint density at radius 3 is 1.90 bits per heavy atom. The Labute approximate surface area is 119 Å². The highest BCUT2D eigenvalue weighted by Crippen LogP contribution is 2.16. The van der Waals surface area contributed by atoms with E-state index in [1.807, 2.05) is 48.5 Å². The van der Waals surface area contributed by atoms with E-state index in [1.54, 1.807) is 6.07 Å². The highest BCUT2D eigenvalue weighted by molar-refractivity contribution is 6.50. The Bertz CT molecular complexity index is 676. The van der Waals surface area contributed by atoms with Gasteiger partial charge in [0.05, 0.1) is 0 Å². The Balaban J connectivity index is 0.000000383. The van der Waals surface area contributed by atoms with Gasteiger partial charge in [-0.2, -0.15) is 0 Å². The molecule has 0 fully saturated rings. The highest BCUT2D eigenvalue weighted by Gasteiger charge is 2.20. The van der Waals surface area contributed by atoms with Gasteiger partial charge in [0, 0.05) is 11.6 Å². The quantitative estimate of drug-likeness (QED) is 0.294. The first-order valence-electron chi connectivity index (χ1n) is 5.78. The fourth-order valence-corrected chi connectivity index (χ4v) is 1.33. The van der Waals surface area contributed by atoms with E-state index in [9.17, 15) is 17.3 Å².